The smallest absolute Gasteiger partial charge is 0.0914 e. The minimum absolute atomic E-state index is 0. The first-order valence-corrected chi connectivity index (χ1v) is 12.6. The van der Waals surface area contributed by atoms with Crippen molar-refractivity contribution in [2.75, 3.05) is 26.4 Å². The average molecular weight is 527 g/mol. The number of hydrogen-bond acceptors (Lipinski definition) is 8. The topological polar surface area (TPSA) is 118 Å². The molecule has 36 heavy (non-hydrogen) atoms. The third kappa shape index (κ3) is 14.0. The Morgan fingerprint density at radius 1 is 0.806 bits per heavy atom. The summed E-state index contributed by atoms with van der Waals surface area (Å²) in [5.41, 5.74) is -0.389. The summed E-state index contributed by atoms with van der Waals surface area (Å²) in [4.78, 5) is 0. The van der Waals surface area contributed by atoms with Crippen LogP contribution in [0.2, 0.25) is 0 Å². The minimum Gasteiger partial charge on any atom is -0.391 e. The van der Waals surface area contributed by atoms with E-state index in [2.05, 4.69) is 13.8 Å². The van der Waals surface area contributed by atoms with Crippen LogP contribution in [-0.2, 0) is 18.9 Å². The number of rotatable bonds is 2. The van der Waals surface area contributed by atoms with Crippen LogP contribution in [0.4, 0.5) is 0 Å². The second-order valence-corrected chi connectivity index (χ2v) is 10.5. The molecule has 4 saturated heterocycles. The standard InChI is InChI=1S/C9H18O2.C7H14O2.C5H10O2.C4H8O2.3CH4/c1-4-7-6-8(10)9(3,5-2)11-7;1-5-6(8)4-7(2,3)9-5;1-4-2-7-3-5(4)6;5-4-1-2-6-3-4;;;/h7-8,10H,4-6H2,1-3H3;5-6,8H,4H2,1-3H3;4-6H,2-3H2,1H3;4-5H,1-3H2;3*1H4. The van der Waals surface area contributed by atoms with E-state index in [4.69, 9.17) is 29.2 Å². The molecule has 8 atom stereocenters. The molecule has 4 fully saturated rings. The molecule has 0 radical (unpaired) electrons. The van der Waals surface area contributed by atoms with Gasteiger partial charge in [0.05, 0.1) is 67.6 Å². The highest BCUT2D eigenvalue weighted by Crippen LogP contribution is 2.34. The van der Waals surface area contributed by atoms with Crippen LogP contribution >= 0.6 is 0 Å². The van der Waals surface area contributed by atoms with Crippen molar-refractivity contribution in [1.82, 2.24) is 0 Å². The summed E-state index contributed by atoms with van der Waals surface area (Å²) < 4.78 is 20.8. The zero-order valence-corrected chi connectivity index (χ0v) is 21.8. The van der Waals surface area contributed by atoms with Crippen molar-refractivity contribution in [3.63, 3.8) is 0 Å². The van der Waals surface area contributed by atoms with E-state index in [1.807, 2.05) is 34.6 Å². The summed E-state index contributed by atoms with van der Waals surface area (Å²) in [5, 5.41) is 36.3. The molecule has 0 aliphatic carbocycles. The van der Waals surface area contributed by atoms with Crippen LogP contribution in [0.3, 0.4) is 0 Å². The zero-order chi connectivity index (χ0) is 25.2. The average Bonchev–Trinajstić information content (AvgIpc) is 3.49. The fraction of sp³-hybridized carbons (Fsp3) is 1.00. The van der Waals surface area contributed by atoms with Gasteiger partial charge in [-0.3, -0.25) is 0 Å². The Hall–Kier alpha value is -0.320. The van der Waals surface area contributed by atoms with Gasteiger partial charge in [-0.15, -0.1) is 0 Å². The van der Waals surface area contributed by atoms with Gasteiger partial charge in [0, 0.05) is 25.4 Å². The summed E-state index contributed by atoms with van der Waals surface area (Å²) >= 11 is 0. The molecule has 0 aromatic carbocycles. The monoisotopic (exact) mass is 526 g/mol. The fourth-order valence-corrected chi connectivity index (χ4v) is 4.05. The Bertz CT molecular complexity index is 506. The van der Waals surface area contributed by atoms with Gasteiger partial charge in [-0.1, -0.05) is 43.1 Å². The van der Waals surface area contributed by atoms with Crippen molar-refractivity contribution in [2.45, 2.75) is 151 Å². The maximum Gasteiger partial charge on any atom is 0.0914 e. The van der Waals surface area contributed by atoms with Gasteiger partial charge >= 0.3 is 0 Å². The molecule has 0 saturated carbocycles. The van der Waals surface area contributed by atoms with E-state index in [1.54, 1.807) is 0 Å². The van der Waals surface area contributed by atoms with Crippen molar-refractivity contribution in [1.29, 1.82) is 0 Å². The maximum atomic E-state index is 9.62. The molecule has 0 aromatic heterocycles. The van der Waals surface area contributed by atoms with Crippen molar-refractivity contribution in [2.24, 2.45) is 5.92 Å². The summed E-state index contributed by atoms with van der Waals surface area (Å²) in [6.45, 7) is 16.6. The van der Waals surface area contributed by atoms with Crippen molar-refractivity contribution in [3.05, 3.63) is 0 Å². The Morgan fingerprint density at radius 2 is 1.42 bits per heavy atom. The van der Waals surface area contributed by atoms with Gasteiger partial charge < -0.3 is 39.4 Å². The third-order valence-corrected chi connectivity index (χ3v) is 6.76. The van der Waals surface area contributed by atoms with Gasteiger partial charge in [0.2, 0.25) is 0 Å². The highest BCUT2D eigenvalue weighted by atomic mass is 16.5. The molecular formula is C28H62O8. The second-order valence-electron chi connectivity index (χ2n) is 10.5. The molecule has 4 aliphatic rings. The summed E-state index contributed by atoms with van der Waals surface area (Å²) in [7, 11) is 0. The van der Waals surface area contributed by atoms with Gasteiger partial charge in [-0.2, -0.15) is 0 Å². The SMILES string of the molecule is C.C.C.CC1COCC1O.CC1OC(C)(C)CC1O.CCC1CC(O)C(C)(CC)O1.OC1CCOC1. The molecular weight excluding hydrogens is 464 g/mol. The van der Waals surface area contributed by atoms with Crippen LogP contribution in [-0.4, -0.2) is 94.7 Å². The first kappa shape index (κ1) is 40.2. The Kier molecular flexibility index (Phi) is 21.0. The summed E-state index contributed by atoms with van der Waals surface area (Å²) in [6, 6.07) is 0. The molecule has 0 amide bonds. The lowest BCUT2D eigenvalue weighted by Crippen LogP contribution is -2.34. The van der Waals surface area contributed by atoms with Crippen molar-refractivity contribution in [3.8, 4) is 0 Å². The molecule has 4 rings (SSSR count). The fourth-order valence-electron chi connectivity index (χ4n) is 4.05. The van der Waals surface area contributed by atoms with Crippen molar-refractivity contribution < 1.29 is 39.4 Å². The predicted molar refractivity (Wildman–Crippen MR) is 147 cm³/mol. The van der Waals surface area contributed by atoms with Gasteiger partial charge in [0.15, 0.2) is 0 Å². The molecule has 4 aliphatic heterocycles. The zero-order valence-electron chi connectivity index (χ0n) is 21.8. The van der Waals surface area contributed by atoms with E-state index in [9.17, 15) is 10.2 Å². The van der Waals surface area contributed by atoms with E-state index in [0.29, 0.717) is 19.1 Å². The van der Waals surface area contributed by atoms with Gasteiger partial charge in [-0.25, -0.2) is 0 Å². The molecule has 4 heterocycles. The van der Waals surface area contributed by atoms with Gasteiger partial charge in [0.25, 0.3) is 0 Å². The largest absolute Gasteiger partial charge is 0.391 e. The van der Waals surface area contributed by atoms with Crippen LogP contribution in [0, 0.1) is 5.92 Å². The van der Waals surface area contributed by atoms with Crippen LogP contribution in [0.5, 0.6) is 0 Å². The quantitative estimate of drug-likeness (QED) is 0.420. The van der Waals surface area contributed by atoms with Crippen LogP contribution in [0.15, 0.2) is 0 Å². The second kappa shape index (κ2) is 18.9. The molecule has 0 aromatic rings. The maximum absolute atomic E-state index is 9.62. The number of hydrogen-bond donors (Lipinski definition) is 4. The summed E-state index contributed by atoms with van der Waals surface area (Å²) in [6.07, 6.45) is 3.66. The Morgan fingerprint density at radius 3 is 1.58 bits per heavy atom. The van der Waals surface area contributed by atoms with Gasteiger partial charge in [0.1, 0.15) is 0 Å². The molecule has 0 spiro atoms. The number of aliphatic hydroxyl groups is 4. The van der Waals surface area contributed by atoms with Gasteiger partial charge in [-0.05, 0) is 47.0 Å². The Balaban J connectivity index is -0.000000401. The van der Waals surface area contributed by atoms with E-state index < -0.39 is 0 Å². The molecule has 8 nitrogen and oxygen atoms in total. The Labute approximate surface area is 222 Å². The van der Waals surface area contributed by atoms with Crippen LogP contribution in [0.25, 0.3) is 0 Å². The van der Waals surface area contributed by atoms with Crippen LogP contribution in [0.1, 0.15) is 103 Å². The normalized spacial score (nSPS) is 37.9. The van der Waals surface area contributed by atoms with E-state index >= 15 is 0 Å². The summed E-state index contributed by atoms with van der Waals surface area (Å²) in [5.74, 6) is 0.347. The molecule has 4 N–H and O–H groups in total. The third-order valence-electron chi connectivity index (χ3n) is 6.76. The number of aliphatic hydroxyl groups excluding tert-OH is 4. The van der Waals surface area contributed by atoms with Crippen molar-refractivity contribution >= 4 is 0 Å². The van der Waals surface area contributed by atoms with E-state index in [-0.39, 0.29) is 70.1 Å². The molecule has 222 valence electrons. The predicted octanol–water partition coefficient (Wildman–Crippen LogP) is 4.34. The lowest BCUT2D eigenvalue weighted by Gasteiger charge is -2.25. The first-order chi connectivity index (χ1) is 15.3. The van der Waals surface area contributed by atoms with E-state index in [0.717, 1.165) is 45.3 Å². The minimum atomic E-state index is -0.277. The van der Waals surface area contributed by atoms with Crippen LogP contribution < -0.4 is 0 Å². The lowest BCUT2D eigenvalue weighted by molar-refractivity contribution is -0.0720. The highest BCUT2D eigenvalue weighted by molar-refractivity contribution is 4.91. The highest BCUT2D eigenvalue weighted by Gasteiger charge is 2.41. The van der Waals surface area contributed by atoms with E-state index in [1.165, 1.54) is 0 Å². The number of ether oxygens (including phenoxy) is 4. The lowest BCUT2D eigenvalue weighted by atomic mass is 9.96. The molecule has 8 unspecified atom stereocenters. The first-order valence-electron chi connectivity index (χ1n) is 12.6. The molecule has 8 heteroatoms. The molecule has 0 bridgehead atoms.